The number of nitrogens with zero attached hydrogens (tertiary/aromatic N) is 3. The zero-order valence-corrected chi connectivity index (χ0v) is 15.3. The third kappa shape index (κ3) is 2.84. The van der Waals surface area contributed by atoms with Gasteiger partial charge in [0, 0.05) is 24.4 Å². The molecule has 6 nitrogen and oxygen atoms in total. The molecule has 2 amide bonds. The zero-order chi connectivity index (χ0) is 18.3. The normalized spacial score (nSPS) is 17.8. The molecule has 7 heteroatoms. The van der Waals surface area contributed by atoms with Crippen molar-refractivity contribution in [1.82, 2.24) is 14.9 Å². The van der Waals surface area contributed by atoms with Crippen LogP contribution in [0, 0.1) is 6.92 Å². The SMILES string of the molecule is Cc1ccc(-c2csc3ncnc(NC4CCC(=O)N(C)C4=O)c23)cc1. The van der Waals surface area contributed by atoms with E-state index in [1.807, 2.05) is 0 Å². The predicted octanol–water partition coefficient (Wildman–Crippen LogP) is 3.23. The first-order valence-corrected chi connectivity index (χ1v) is 9.28. The van der Waals surface area contributed by atoms with Gasteiger partial charge in [-0.25, -0.2) is 9.97 Å². The number of thiophene rings is 1. The number of piperidine rings is 1. The minimum absolute atomic E-state index is 0.142. The third-order valence-electron chi connectivity index (χ3n) is 4.69. The standard InChI is InChI=1S/C19H18N4O2S/c1-11-3-5-12(6-4-11)13-9-26-18-16(13)17(20-10-21-18)22-14-7-8-15(24)23(2)19(14)25/h3-6,9-10,14H,7-8H2,1-2H3,(H,20,21,22). The molecule has 1 N–H and O–H groups in total. The van der Waals surface area contributed by atoms with Crippen LogP contribution in [0.3, 0.4) is 0 Å². The molecule has 1 aliphatic rings. The van der Waals surface area contributed by atoms with Crippen LogP contribution in [0.5, 0.6) is 0 Å². The lowest BCUT2D eigenvalue weighted by Crippen LogP contribution is -2.48. The fraction of sp³-hybridized carbons (Fsp3) is 0.263. The maximum absolute atomic E-state index is 12.4. The van der Waals surface area contributed by atoms with Crippen LogP contribution in [0.15, 0.2) is 36.0 Å². The number of likely N-dealkylation sites (tertiary alicyclic amines) is 1. The Morgan fingerprint density at radius 1 is 1.19 bits per heavy atom. The molecule has 1 atom stereocenters. The molecule has 1 saturated heterocycles. The van der Waals surface area contributed by atoms with E-state index in [2.05, 4.69) is 51.9 Å². The molecule has 0 radical (unpaired) electrons. The fourth-order valence-electron chi connectivity index (χ4n) is 3.14. The van der Waals surface area contributed by atoms with E-state index in [0.717, 1.165) is 21.3 Å². The van der Waals surface area contributed by atoms with Gasteiger partial charge in [0.1, 0.15) is 23.0 Å². The van der Waals surface area contributed by atoms with Crippen LogP contribution in [0.2, 0.25) is 0 Å². The quantitative estimate of drug-likeness (QED) is 0.721. The number of carbonyl (C=O) groups is 2. The van der Waals surface area contributed by atoms with Crippen molar-refractivity contribution in [3.05, 3.63) is 41.5 Å². The monoisotopic (exact) mass is 366 g/mol. The van der Waals surface area contributed by atoms with Crippen LogP contribution in [0.4, 0.5) is 5.82 Å². The molecule has 1 unspecified atom stereocenters. The van der Waals surface area contributed by atoms with Crippen molar-refractivity contribution in [1.29, 1.82) is 0 Å². The summed E-state index contributed by atoms with van der Waals surface area (Å²) in [6, 6.07) is 7.83. The Balaban J connectivity index is 1.74. The van der Waals surface area contributed by atoms with E-state index in [1.165, 1.54) is 23.8 Å². The van der Waals surface area contributed by atoms with Crippen molar-refractivity contribution < 1.29 is 9.59 Å². The number of amides is 2. The lowest BCUT2D eigenvalue weighted by molar-refractivity contribution is -0.146. The van der Waals surface area contributed by atoms with Crippen LogP contribution in [0.1, 0.15) is 18.4 Å². The second kappa shape index (κ2) is 6.49. The van der Waals surface area contributed by atoms with E-state index < -0.39 is 6.04 Å². The molecule has 0 bridgehead atoms. The molecule has 1 aliphatic heterocycles. The predicted molar refractivity (Wildman–Crippen MR) is 102 cm³/mol. The molecule has 1 fully saturated rings. The fourth-order valence-corrected chi connectivity index (χ4v) is 4.06. The van der Waals surface area contributed by atoms with Gasteiger partial charge in [-0.05, 0) is 18.9 Å². The number of imide groups is 1. The Kier molecular flexibility index (Phi) is 4.16. The van der Waals surface area contributed by atoms with Gasteiger partial charge in [-0.1, -0.05) is 29.8 Å². The molecule has 0 aliphatic carbocycles. The third-order valence-corrected chi connectivity index (χ3v) is 5.58. The summed E-state index contributed by atoms with van der Waals surface area (Å²) in [5, 5.41) is 6.22. The number of rotatable bonds is 3. The Morgan fingerprint density at radius 2 is 1.96 bits per heavy atom. The molecule has 4 rings (SSSR count). The van der Waals surface area contributed by atoms with Gasteiger partial charge in [0.05, 0.1) is 5.39 Å². The highest BCUT2D eigenvalue weighted by Gasteiger charge is 2.32. The van der Waals surface area contributed by atoms with Crippen molar-refractivity contribution in [2.45, 2.75) is 25.8 Å². The van der Waals surface area contributed by atoms with Crippen LogP contribution < -0.4 is 5.32 Å². The summed E-state index contributed by atoms with van der Waals surface area (Å²) >= 11 is 1.55. The molecule has 26 heavy (non-hydrogen) atoms. The highest BCUT2D eigenvalue weighted by molar-refractivity contribution is 7.17. The van der Waals surface area contributed by atoms with Crippen molar-refractivity contribution >= 4 is 39.2 Å². The molecule has 0 saturated carbocycles. The Bertz CT molecular complexity index is 996. The number of aryl methyl sites for hydroxylation is 1. The molecular weight excluding hydrogens is 348 g/mol. The van der Waals surface area contributed by atoms with E-state index >= 15 is 0 Å². The Labute approximate surface area is 154 Å². The summed E-state index contributed by atoms with van der Waals surface area (Å²) < 4.78 is 0. The Hall–Kier alpha value is -2.80. The summed E-state index contributed by atoms with van der Waals surface area (Å²) in [7, 11) is 1.52. The summed E-state index contributed by atoms with van der Waals surface area (Å²) in [4.78, 5) is 34.9. The van der Waals surface area contributed by atoms with Crippen LogP contribution >= 0.6 is 11.3 Å². The largest absolute Gasteiger partial charge is 0.358 e. The smallest absolute Gasteiger partial charge is 0.251 e. The number of aromatic nitrogens is 2. The number of nitrogens with one attached hydrogen (secondary N) is 1. The van der Waals surface area contributed by atoms with Gasteiger partial charge < -0.3 is 5.32 Å². The molecule has 3 heterocycles. The van der Waals surface area contributed by atoms with Crippen molar-refractivity contribution in [2.24, 2.45) is 0 Å². The number of hydrogen-bond acceptors (Lipinski definition) is 6. The molecule has 3 aromatic rings. The minimum Gasteiger partial charge on any atom is -0.358 e. The summed E-state index contributed by atoms with van der Waals surface area (Å²) in [6.07, 6.45) is 2.32. The summed E-state index contributed by atoms with van der Waals surface area (Å²) in [5.74, 6) is 0.268. The average molecular weight is 366 g/mol. The summed E-state index contributed by atoms with van der Waals surface area (Å²) in [6.45, 7) is 2.05. The summed E-state index contributed by atoms with van der Waals surface area (Å²) in [5.41, 5.74) is 3.33. The number of anilines is 1. The van der Waals surface area contributed by atoms with Gasteiger partial charge in [-0.15, -0.1) is 11.3 Å². The average Bonchev–Trinajstić information content (AvgIpc) is 3.08. The van der Waals surface area contributed by atoms with E-state index in [1.54, 1.807) is 11.3 Å². The maximum Gasteiger partial charge on any atom is 0.251 e. The molecule has 132 valence electrons. The number of likely N-dealkylation sites (N-methyl/N-ethyl adjacent to an activating group) is 1. The first-order chi connectivity index (χ1) is 12.5. The molecular formula is C19H18N4O2S. The topological polar surface area (TPSA) is 75.2 Å². The Morgan fingerprint density at radius 3 is 2.73 bits per heavy atom. The zero-order valence-electron chi connectivity index (χ0n) is 14.5. The highest BCUT2D eigenvalue weighted by Crippen LogP contribution is 2.37. The number of fused-ring (bicyclic) bond motifs is 1. The lowest BCUT2D eigenvalue weighted by atomic mass is 10.0. The van der Waals surface area contributed by atoms with Crippen LogP contribution in [-0.4, -0.2) is 39.8 Å². The second-order valence-corrected chi connectivity index (χ2v) is 7.30. The lowest BCUT2D eigenvalue weighted by Gasteiger charge is -2.28. The van der Waals surface area contributed by atoms with Gasteiger partial charge >= 0.3 is 0 Å². The van der Waals surface area contributed by atoms with Crippen LogP contribution in [0.25, 0.3) is 21.3 Å². The molecule has 1 aromatic carbocycles. The second-order valence-electron chi connectivity index (χ2n) is 6.44. The van der Waals surface area contributed by atoms with E-state index in [0.29, 0.717) is 18.7 Å². The minimum atomic E-state index is -0.457. The van der Waals surface area contributed by atoms with Gasteiger partial charge in [0.15, 0.2) is 0 Å². The van der Waals surface area contributed by atoms with E-state index in [-0.39, 0.29) is 11.8 Å². The number of hydrogen-bond donors (Lipinski definition) is 1. The van der Waals surface area contributed by atoms with Gasteiger partial charge in [0.2, 0.25) is 5.91 Å². The number of carbonyl (C=O) groups excluding carboxylic acids is 2. The van der Waals surface area contributed by atoms with E-state index in [4.69, 9.17) is 0 Å². The van der Waals surface area contributed by atoms with Crippen LogP contribution in [-0.2, 0) is 9.59 Å². The maximum atomic E-state index is 12.4. The van der Waals surface area contributed by atoms with Crippen molar-refractivity contribution in [2.75, 3.05) is 12.4 Å². The van der Waals surface area contributed by atoms with Gasteiger partial charge in [-0.2, -0.15) is 0 Å². The van der Waals surface area contributed by atoms with Gasteiger partial charge in [-0.3, -0.25) is 14.5 Å². The van der Waals surface area contributed by atoms with E-state index in [9.17, 15) is 9.59 Å². The first-order valence-electron chi connectivity index (χ1n) is 8.41. The van der Waals surface area contributed by atoms with Gasteiger partial charge in [0.25, 0.3) is 5.91 Å². The van der Waals surface area contributed by atoms with Crippen molar-refractivity contribution in [3.8, 4) is 11.1 Å². The highest BCUT2D eigenvalue weighted by atomic mass is 32.1. The number of benzene rings is 1. The first kappa shape index (κ1) is 16.7. The molecule has 0 spiro atoms. The molecule has 2 aromatic heterocycles. The van der Waals surface area contributed by atoms with Crippen molar-refractivity contribution in [3.63, 3.8) is 0 Å².